The molecule has 0 aliphatic rings. The third-order valence-electron chi connectivity index (χ3n) is 2.70. The van der Waals surface area contributed by atoms with Crippen LogP contribution in [0, 0.1) is 0 Å². The second-order valence-electron chi connectivity index (χ2n) is 4.77. The van der Waals surface area contributed by atoms with Gasteiger partial charge in [-0.05, 0) is 14.0 Å². The number of rotatable bonds is 11. The molecule has 0 fully saturated rings. The molecule has 0 aliphatic carbocycles. The Bertz CT molecular complexity index is 479. The maximum Gasteiger partial charge on any atom is 0.239 e. The van der Waals surface area contributed by atoms with Crippen molar-refractivity contribution in [2.75, 3.05) is 39.8 Å². The molecule has 11 nitrogen and oxygen atoms in total. The third kappa shape index (κ3) is 13.9. The third-order valence-corrected chi connectivity index (χ3v) is 2.70. The molecule has 26 heavy (non-hydrogen) atoms. The molecule has 0 rings (SSSR count). The van der Waals surface area contributed by atoms with E-state index in [1.165, 1.54) is 14.0 Å². The lowest BCUT2D eigenvalue weighted by atomic mass is 10.3. The quantitative estimate of drug-likeness (QED) is 0.219. The molecule has 1 unspecified atom stereocenters. The van der Waals surface area contributed by atoms with E-state index in [-0.39, 0.29) is 32.0 Å². The minimum atomic E-state index is -0.824. The van der Waals surface area contributed by atoms with Crippen LogP contribution in [0.15, 0.2) is 0 Å². The van der Waals surface area contributed by atoms with Crippen LogP contribution in [0.25, 0.3) is 0 Å². The number of carbonyl (C=O) groups excluding carboxylic acids is 5. The predicted molar refractivity (Wildman–Crippen MR) is 94.0 cm³/mol. The van der Waals surface area contributed by atoms with Crippen LogP contribution in [0.5, 0.6) is 0 Å². The molecule has 0 heterocycles. The molecule has 0 spiro atoms. The lowest BCUT2D eigenvalue weighted by Crippen LogP contribution is -2.49. The van der Waals surface area contributed by atoms with E-state index in [1.54, 1.807) is 0 Å². The average Bonchev–Trinajstić information content (AvgIpc) is 2.63. The highest BCUT2D eigenvalue weighted by Gasteiger charge is 2.15. The van der Waals surface area contributed by atoms with Crippen molar-refractivity contribution in [3.05, 3.63) is 0 Å². The number of Topliss-reactive ketones (excluding diaryl/α,β-unsaturated/α-hetero) is 1. The molecule has 4 amide bonds. The van der Waals surface area contributed by atoms with Crippen molar-refractivity contribution in [2.45, 2.75) is 26.8 Å². The molecule has 0 aromatic carbocycles. The first-order valence-corrected chi connectivity index (χ1v) is 8.15. The van der Waals surface area contributed by atoms with Gasteiger partial charge in [0.15, 0.2) is 0 Å². The predicted octanol–water partition coefficient (Wildman–Crippen LogP) is -3.35. The summed E-state index contributed by atoms with van der Waals surface area (Å²) in [6.07, 6.45) is 0. The van der Waals surface area contributed by atoms with Gasteiger partial charge in [0.2, 0.25) is 23.6 Å². The maximum atomic E-state index is 11.5. The standard InChI is InChI=1S/C13H23N5O6.C2H6/c1-8(20)3-15-10(21)4-16-11(22)5-17-12(23)6-18-13(24)9(7-19)14-2;1-2/h9,14,19H,3-7H2,1-2H3,(H,15,21)(H,16,22)(H,17,23)(H,18,24);1-2H3. The Morgan fingerprint density at radius 1 is 0.769 bits per heavy atom. The fraction of sp³-hybridized carbons (Fsp3) is 0.667. The summed E-state index contributed by atoms with van der Waals surface area (Å²) in [5, 5.41) is 20.5. The number of likely N-dealkylation sites (N-methyl/N-ethyl adjacent to an activating group) is 1. The van der Waals surface area contributed by atoms with Crippen LogP contribution in [0.4, 0.5) is 0 Å². The molecule has 150 valence electrons. The first-order chi connectivity index (χ1) is 12.3. The first-order valence-electron chi connectivity index (χ1n) is 8.15. The van der Waals surface area contributed by atoms with Crippen LogP contribution in [0.1, 0.15) is 20.8 Å². The molecule has 0 radical (unpaired) electrons. The highest BCUT2D eigenvalue weighted by molar-refractivity contribution is 5.91. The summed E-state index contributed by atoms with van der Waals surface area (Å²) in [7, 11) is 1.48. The van der Waals surface area contributed by atoms with Crippen LogP contribution in [-0.2, 0) is 24.0 Å². The van der Waals surface area contributed by atoms with Crippen molar-refractivity contribution in [3.8, 4) is 0 Å². The van der Waals surface area contributed by atoms with Crippen LogP contribution in [-0.4, -0.2) is 80.4 Å². The van der Waals surface area contributed by atoms with E-state index in [0.717, 1.165) is 0 Å². The van der Waals surface area contributed by atoms with E-state index in [0.29, 0.717) is 0 Å². The van der Waals surface area contributed by atoms with Crippen LogP contribution in [0.2, 0.25) is 0 Å². The van der Waals surface area contributed by atoms with Gasteiger partial charge in [0, 0.05) is 0 Å². The SMILES string of the molecule is CC.CNC(CO)C(=O)NCC(=O)NCC(=O)NCC(=O)NCC(C)=O. The van der Waals surface area contributed by atoms with Crippen molar-refractivity contribution >= 4 is 29.4 Å². The molecule has 0 aromatic rings. The summed E-state index contributed by atoms with van der Waals surface area (Å²) in [4.78, 5) is 56.3. The summed E-state index contributed by atoms with van der Waals surface area (Å²) in [5.74, 6) is -2.50. The minimum Gasteiger partial charge on any atom is -0.394 e. The molecular formula is C15H29N5O6. The van der Waals surface area contributed by atoms with Crippen molar-refractivity contribution in [2.24, 2.45) is 0 Å². The van der Waals surface area contributed by atoms with E-state index < -0.39 is 36.3 Å². The van der Waals surface area contributed by atoms with Crippen molar-refractivity contribution in [3.63, 3.8) is 0 Å². The van der Waals surface area contributed by atoms with Crippen molar-refractivity contribution < 1.29 is 29.1 Å². The molecule has 0 saturated heterocycles. The maximum absolute atomic E-state index is 11.5. The van der Waals surface area contributed by atoms with Gasteiger partial charge in [-0.3, -0.25) is 24.0 Å². The van der Waals surface area contributed by atoms with E-state index in [4.69, 9.17) is 5.11 Å². The van der Waals surface area contributed by atoms with Gasteiger partial charge in [-0.25, -0.2) is 0 Å². The molecule has 6 N–H and O–H groups in total. The first kappa shape index (κ1) is 25.7. The zero-order valence-corrected chi connectivity index (χ0v) is 15.6. The van der Waals surface area contributed by atoms with Gasteiger partial charge in [-0.1, -0.05) is 13.8 Å². The van der Waals surface area contributed by atoms with Gasteiger partial charge >= 0.3 is 0 Å². The lowest BCUT2D eigenvalue weighted by molar-refractivity contribution is -0.129. The smallest absolute Gasteiger partial charge is 0.239 e. The zero-order chi connectivity index (χ0) is 20.5. The Hall–Kier alpha value is -2.53. The van der Waals surface area contributed by atoms with Crippen LogP contribution < -0.4 is 26.6 Å². The highest BCUT2D eigenvalue weighted by atomic mass is 16.3. The minimum absolute atomic E-state index is 0.118. The molecule has 0 bridgehead atoms. The van der Waals surface area contributed by atoms with Gasteiger partial charge in [0.25, 0.3) is 0 Å². The normalized spacial score (nSPS) is 10.5. The Balaban J connectivity index is 0. The van der Waals surface area contributed by atoms with Crippen molar-refractivity contribution in [1.82, 2.24) is 26.6 Å². The van der Waals surface area contributed by atoms with E-state index in [2.05, 4.69) is 26.6 Å². The van der Waals surface area contributed by atoms with Gasteiger partial charge < -0.3 is 31.7 Å². The fourth-order valence-corrected chi connectivity index (χ4v) is 1.36. The average molecular weight is 375 g/mol. The van der Waals surface area contributed by atoms with Crippen molar-refractivity contribution in [1.29, 1.82) is 0 Å². The Labute approximate surface area is 152 Å². The Morgan fingerprint density at radius 3 is 1.50 bits per heavy atom. The van der Waals surface area contributed by atoms with Gasteiger partial charge in [-0.15, -0.1) is 0 Å². The number of carbonyl (C=O) groups is 5. The summed E-state index contributed by atoms with van der Waals surface area (Å²) in [5.41, 5.74) is 0. The van der Waals surface area contributed by atoms with E-state index in [9.17, 15) is 24.0 Å². The lowest BCUT2D eigenvalue weighted by Gasteiger charge is -2.13. The second kappa shape index (κ2) is 16.0. The number of aliphatic hydroxyl groups is 1. The van der Waals surface area contributed by atoms with Crippen LogP contribution >= 0.6 is 0 Å². The number of hydrogen-bond acceptors (Lipinski definition) is 7. The number of hydrogen-bond donors (Lipinski definition) is 6. The Morgan fingerprint density at radius 2 is 1.15 bits per heavy atom. The monoisotopic (exact) mass is 375 g/mol. The number of aliphatic hydroxyl groups excluding tert-OH is 1. The van der Waals surface area contributed by atoms with E-state index in [1.807, 2.05) is 13.8 Å². The van der Waals surface area contributed by atoms with Gasteiger partial charge in [0.1, 0.15) is 11.8 Å². The van der Waals surface area contributed by atoms with Gasteiger partial charge in [-0.2, -0.15) is 0 Å². The van der Waals surface area contributed by atoms with Crippen LogP contribution in [0.3, 0.4) is 0 Å². The van der Waals surface area contributed by atoms with E-state index >= 15 is 0 Å². The highest BCUT2D eigenvalue weighted by Crippen LogP contribution is 1.80. The topological polar surface area (TPSA) is 166 Å². The number of nitrogens with one attached hydrogen (secondary N) is 5. The molecular weight excluding hydrogens is 346 g/mol. The largest absolute Gasteiger partial charge is 0.394 e. The number of ketones is 1. The molecule has 0 aromatic heterocycles. The summed E-state index contributed by atoms with van der Waals surface area (Å²) < 4.78 is 0. The zero-order valence-electron chi connectivity index (χ0n) is 15.6. The van der Waals surface area contributed by atoms with Gasteiger partial charge in [0.05, 0.1) is 32.8 Å². The fourth-order valence-electron chi connectivity index (χ4n) is 1.36. The second-order valence-corrected chi connectivity index (χ2v) is 4.77. The molecule has 1 atom stereocenters. The molecule has 11 heteroatoms. The number of amides is 4. The molecule has 0 aliphatic heterocycles. The Kier molecular flexibility index (Phi) is 15.8. The molecule has 0 saturated carbocycles. The summed E-state index contributed by atoms with van der Waals surface area (Å²) in [6.45, 7) is 3.73. The summed E-state index contributed by atoms with van der Waals surface area (Å²) in [6, 6.07) is -0.824. The summed E-state index contributed by atoms with van der Waals surface area (Å²) >= 11 is 0.